The van der Waals surface area contributed by atoms with Gasteiger partial charge in [-0.3, -0.25) is 9.59 Å². The quantitative estimate of drug-likeness (QED) is 0.617. The summed E-state index contributed by atoms with van der Waals surface area (Å²) in [6, 6.07) is 0. The summed E-state index contributed by atoms with van der Waals surface area (Å²) in [5, 5.41) is 17.7. The first-order valence-corrected chi connectivity index (χ1v) is 4.26. The van der Waals surface area contributed by atoms with E-state index in [1.807, 2.05) is 6.08 Å². The lowest BCUT2D eigenvalue weighted by Crippen LogP contribution is -2.31. The van der Waals surface area contributed by atoms with Gasteiger partial charge >= 0.3 is 11.9 Å². The largest absolute Gasteiger partial charge is 0.481 e. The Morgan fingerprint density at radius 2 is 2.00 bits per heavy atom. The third kappa shape index (κ3) is 1.05. The number of hydrogen-bond donors (Lipinski definition) is 2. The number of carbonyl (C=O) groups is 2. The fourth-order valence-corrected chi connectivity index (χ4v) is 2.46. The first-order chi connectivity index (χ1) is 6.11. The van der Waals surface area contributed by atoms with E-state index in [-0.39, 0.29) is 5.92 Å². The minimum atomic E-state index is -0.999. The molecule has 0 aliphatic heterocycles. The van der Waals surface area contributed by atoms with Crippen molar-refractivity contribution in [1.29, 1.82) is 0 Å². The van der Waals surface area contributed by atoms with Crippen LogP contribution in [-0.2, 0) is 9.59 Å². The van der Waals surface area contributed by atoms with Crippen LogP contribution in [0.4, 0.5) is 0 Å². The molecule has 2 aliphatic rings. The number of carboxylic acid groups (broad SMARTS) is 2. The Morgan fingerprint density at radius 1 is 1.31 bits per heavy atom. The number of rotatable bonds is 2. The van der Waals surface area contributed by atoms with Crippen LogP contribution in [0.5, 0.6) is 0 Å². The van der Waals surface area contributed by atoms with Gasteiger partial charge in [-0.25, -0.2) is 0 Å². The van der Waals surface area contributed by atoms with Crippen molar-refractivity contribution in [2.45, 2.75) is 12.8 Å². The Kier molecular flexibility index (Phi) is 1.65. The summed E-state index contributed by atoms with van der Waals surface area (Å²) in [6.07, 6.45) is 3.27. The highest BCUT2D eigenvalue weighted by atomic mass is 16.4. The number of allylic oxidation sites excluding steroid dienone is 1. The van der Waals surface area contributed by atoms with E-state index in [0.29, 0.717) is 6.42 Å². The molecule has 0 amide bonds. The summed E-state index contributed by atoms with van der Waals surface area (Å²) >= 11 is 0. The van der Waals surface area contributed by atoms with Crippen molar-refractivity contribution in [3.63, 3.8) is 0 Å². The smallest absolute Gasteiger partial charge is 0.311 e. The van der Waals surface area contributed by atoms with Crippen molar-refractivity contribution in [3.05, 3.63) is 11.6 Å². The molecule has 3 atom stereocenters. The fourth-order valence-electron chi connectivity index (χ4n) is 2.46. The summed E-state index contributed by atoms with van der Waals surface area (Å²) in [5.74, 6) is -3.41. The standard InChI is InChI=1S/C9H10O4/c10-8(11)6-4-1-2-5(3-4)7(6)9(12)13/h1,5-7H,2-3H2,(H,10,11)(H,12,13). The predicted octanol–water partition coefficient (Wildman–Crippen LogP) is 0.738. The van der Waals surface area contributed by atoms with Gasteiger partial charge in [0.1, 0.15) is 0 Å². The molecule has 3 unspecified atom stereocenters. The van der Waals surface area contributed by atoms with Gasteiger partial charge in [-0.1, -0.05) is 11.6 Å². The molecular formula is C9H10O4. The van der Waals surface area contributed by atoms with Crippen LogP contribution in [0, 0.1) is 17.8 Å². The van der Waals surface area contributed by atoms with Gasteiger partial charge in [0.05, 0.1) is 11.8 Å². The fraction of sp³-hybridized carbons (Fsp3) is 0.556. The van der Waals surface area contributed by atoms with E-state index < -0.39 is 23.8 Å². The third-order valence-corrected chi connectivity index (χ3v) is 3.00. The second kappa shape index (κ2) is 2.58. The molecular weight excluding hydrogens is 172 g/mol. The normalized spacial score (nSPS) is 36.0. The van der Waals surface area contributed by atoms with Crippen LogP contribution in [0.15, 0.2) is 11.6 Å². The Hall–Kier alpha value is -1.32. The zero-order valence-corrected chi connectivity index (χ0v) is 6.93. The van der Waals surface area contributed by atoms with Crippen molar-refractivity contribution >= 4 is 11.9 Å². The zero-order valence-electron chi connectivity index (χ0n) is 6.93. The maximum absolute atomic E-state index is 10.8. The second-order valence-corrected chi connectivity index (χ2v) is 3.66. The van der Waals surface area contributed by atoms with Crippen molar-refractivity contribution in [2.75, 3.05) is 0 Å². The molecule has 2 N–H and O–H groups in total. The van der Waals surface area contributed by atoms with Crippen LogP contribution in [0.3, 0.4) is 0 Å². The maximum atomic E-state index is 10.8. The highest BCUT2D eigenvalue weighted by Crippen LogP contribution is 2.48. The average molecular weight is 182 g/mol. The van der Waals surface area contributed by atoms with Crippen LogP contribution < -0.4 is 0 Å². The summed E-state index contributed by atoms with van der Waals surface area (Å²) < 4.78 is 0. The van der Waals surface area contributed by atoms with E-state index in [1.165, 1.54) is 0 Å². The first-order valence-electron chi connectivity index (χ1n) is 4.26. The first kappa shape index (κ1) is 8.29. The lowest BCUT2D eigenvalue weighted by Gasteiger charge is -2.19. The van der Waals surface area contributed by atoms with Gasteiger partial charge < -0.3 is 10.2 Å². The maximum Gasteiger partial charge on any atom is 0.311 e. The molecule has 70 valence electrons. The average Bonchev–Trinajstić information content (AvgIpc) is 2.60. The predicted molar refractivity (Wildman–Crippen MR) is 43.1 cm³/mol. The SMILES string of the molecule is O=C(O)C1C2=CCC(C2)C1C(=O)O. The molecule has 4 heteroatoms. The van der Waals surface area contributed by atoms with Gasteiger partial charge in [0.15, 0.2) is 0 Å². The van der Waals surface area contributed by atoms with E-state index in [9.17, 15) is 9.59 Å². The lowest BCUT2D eigenvalue weighted by molar-refractivity contribution is -0.152. The van der Waals surface area contributed by atoms with Gasteiger partial charge in [-0.2, -0.15) is 0 Å². The molecule has 0 spiro atoms. The monoisotopic (exact) mass is 182 g/mol. The van der Waals surface area contributed by atoms with Gasteiger partial charge in [0.2, 0.25) is 0 Å². The van der Waals surface area contributed by atoms with Crippen molar-refractivity contribution < 1.29 is 19.8 Å². The van der Waals surface area contributed by atoms with E-state index in [2.05, 4.69) is 0 Å². The summed E-state index contributed by atoms with van der Waals surface area (Å²) in [7, 11) is 0. The van der Waals surface area contributed by atoms with Gasteiger partial charge in [0, 0.05) is 0 Å². The van der Waals surface area contributed by atoms with Crippen molar-refractivity contribution in [3.8, 4) is 0 Å². The topological polar surface area (TPSA) is 74.6 Å². The third-order valence-electron chi connectivity index (χ3n) is 3.00. The molecule has 0 aromatic heterocycles. The van der Waals surface area contributed by atoms with Crippen molar-refractivity contribution in [2.24, 2.45) is 17.8 Å². The summed E-state index contributed by atoms with van der Waals surface area (Å²) in [4.78, 5) is 21.6. The Balaban J connectivity index is 2.33. The Labute approximate surface area is 74.9 Å². The molecule has 0 saturated heterocycles. The minimum Gasteiger partial charge on any atom is -0.481 e. The van der Waals surface area contributed by atoms with Gasteiger partial charge in [-0.05, 0) is 18.8 Å². The highest BCUT2D eigenvalue weighted by molar-refractivity contribution is 5.84. The molecule has 4 nitrogen and oxygen atoms in total. The van der Waals surface area contributed by atoms with Crippen LogP contribution in [0.2, 0.25) is 0 Å². The number of aliphatic carboxylic acids is 2. The van der Waals surface area contributed by atoms with Crippen LogP contribution in [0.1, 0.15) is 12.8 Å². The number of carboxylic acids is 2. The van der Waals surface area contributed by atoms with E-state index in [0.717, 1.165) is 12.0 Å². The zero-order chi connectivity index (χ0) is 9.59. The van der Waals surface area contributed by atoms with Crippen LogP contribution in [0.25, 0.3) is 0 Å². The van der Waals surface area contributed by atoms with E-state index >= 15 is 0 Å². The van der Waals surface area contributed by atoms with Crippen molar-refractivity contribution in [1.82, 2.24) is 0 Å². The summed E-state index contributed by atoms with van der Waals surface area (Å²) in [6.45, 7) is 0. The van der Waals surface area contributed by atoms with E-state index in [4.69, 9.17) is 10.2 Å². The van der Waals surface area contributed by atoms with Crippen LogP contribution >= 0.6 is 0 Å². The molecule has 0 aromatic rings. The summed E-state index contributed by atoms with van der Waals surface area (Å²) in [5.41, 5.74) is 0.810. The Bertz CT molecular complexity index is 305. The molecule has 2 rings (SSSR count). The molecule has 2 bridgehead atoms. The van der Waals surface area contributed by atoms with Crippen LogP contribution in [-0.4, -0.2) is 22.2 Å². The molecule has 0 radical (unpaired) electrons. The molecule has 0 aromatic carbocycles. The molecule has 13 heavy (non-hydrogen) atoms. The molecule has 1 fully saturated rings. The molecule has 0 heterocycles. The number of hydrogen-bond acceptors (Lipinski definition) is 2. The Morgan fingerprint density at radius 3 is 2.46 bits per heavy atom. The minimum absolute atomic E-state index is 0.0219. The molecule has 1 saturated carbocycles. The van der Waals surface area contributed by atoms with Gasteiger partial charge in [0.25, 0.3) is 0 Å². The molecule has 2 aliphatic carbocycles. The van der Waals surface area contributed by atoms with Gasteiger partial charge in [-0.15, -0.1) is 0 Å². The van der Waals surface area contributed by atoms with E-state index in [1.54, 1.807) is 0 Å². The lowest BCUT2D eigenvalue weighted by atomic mass is 9.84. The second-order valence-electron chi connectivity index (χ2n) is 3.66. The highest BCUT2D eigenvalue weighted by Gasteiger charge is 2.50. The number of fused-ring (bicyclic) bond motifs is 2.